The predicted octanol–water partition coefficient (Wildman–Crippen LogP) is 7.28. The van der Waals surface area contributed by atoms with Gasteiger partial charge in [-0.05, 0) is 86.5 Å². The van der Waals surface area contributed by atoms with Crippen molar-refractivity contribution in [1.82, 2.24) is 9.88 Å². The molecule has 2 atom stereocenters. The van der Waals surface area contributed by atoms with E-state index in [9.17, 15) is 0 Å². The fourth-order valence-corrected chi connectivity index (χ4v) is 11.4. The zero-order chi connectivity index (χ0) is 31.0. The Hall–Kier alpha value is -2.91. The van der Waals surface area contributed by atoms with Crippen LogP contribution < -0.4 is 16.1 Å². The maximum absolute atomic E-state index is 16.4. The van der Waals surface area contributed by atoms with Gasteiger partial charge in [0.1, 0.15) is 0 Å². The third kappa shape index (κ3) is 6.20. The van der Waals surface area contributed by atoms with Crippen LogP contribution in [-0.4, -0.2) is 43.3 Å². The number of hydrogen-bond donors (Lipinski definition) is 1. The highest BCUT2D eigenvalue weighted by molar-refractivity contribution is 9.10. The molecule has 0 saturated heterocycles. The van der Waals surface area contributed by atoms with Gasteiger partial charge in [0.25, 0.3) is 14.2 Å². The Labute approximate surface area is 263 Å². The number of nitrogen functional groups attached to an aromatic ring is 1. The molecule has 2 N–H and O–H groups in total. The lowest BCUT2D eigenvalue weighted by Gasteiger charge is -2.45. The van der Waals surface area contributed by atoms with E-state index in [-0.39, 0.29) is 6.04 Å². The molecule has 1 aliphatic heterocycles. The number of rotatable bonds is 8. The topological polar surface area (TPSA) is 51.4 Å². The molecule has 1 aromatic heterocycles. The van der Waals surface area contributed by atoms with Crippen molar-refractivity contribution < 1.29 is 13.2 Å². The molecule has 4 nitrogen and oxygen atoms in total. The molecule has 3 aromatic carbocycles. The van der Waals surface area contributed by atoms with Crippen LogP contribution in [0.2, 0.25) is 5.04 Å². The summed E-state index contributed by atoms with van der Waals surface area (Å²) in [6.45, 7) is 9.18. The Morgan fingerprint density at radius 1 is 0.953 bits per heavy atom. The van der Waals surface area contributed by atoms with Gasteiger partial charge in [-0.25, -0.2) is 8.78 Å². The van der Waals surface area contributed by atoms with Crippen LogP contribution >= 0.6 is 15.9 Å². The highest BCUT2D eigenvalue weighted by Gasteiger charge is 2.52. The smallest absolute Gasteiger partial charge is 0.282 e. The Bertz CT molecular complexity index is 1510. The summed E-state index contributed by atoms with van der Waals surface area (Å²) in [5.41, 5.74) is 10.8. The van der Waals surface area contributed by atoms with E-state index in [1.54, 1.807) is 6.20 Å². The molecule has 0 bridgehead atoms. The Balaban J connectivity index is 1.52. The van der Waals surface area contributed by atoms with Crippen molar-refractivity contribution in [2.45, 2.75) is 64.1 Å². The van der Waals surface area contributed by atoms with Gasteiger partial charge in [-0.1, -0.05) is 87.5 Å². The summed E-state index contributed by atoms with van der Waals surface area (Å²) >= 11 is 3.47. The third-order valence-electron chi connectivity index (χ3n) is 8.73. The molecule has 5 rings (SSSR count). The second-order valence-corrected chi connectivity index (χ2v) is 17.9. The summed E-state index contributed by atoms with van der Waals surface area (Å²) in [5.74, 6) is -3.13. The van der Waals surface area contributed by atoms with Crippen molar-refractivity contribution in [2.75, 3.05) is 18.9 Å². The molecular formula is C35H40BrF2N3OSi. The minimum absolute atomic E-state index is 0.165. The summed E-state index contributed by atoms with van der Waals surface area (Å²) in [5, 5.41) is 1.56. The van der Waals surface area contributed by atoms with Crippen molar-refractivity contribution in [2.24, 2.45) is 0 Å². The van der Waals surface area contributed by atoms with Gasteiger partial charge >= 0.3 is 0 Å². The van der Waals surface area contributed by atoms with Crippen molar-refractivity contribution in [3.8, 4) is 0 Å². The van der Waals surface area contributed by atoms with Crippen LogP contribution in [0.15, 0.2) is 95.6 Å². The monoisotopic (exact) mass is 663 g/mol. The van der Waals surface area contributed by atoms with Gasteiger partial charge in [0.2, 0.25) is 0 Å². The average molecular weight is 665 g/mol. The molecule has 0 aliphatic carbocycles. The highest BCUT2D eigenvalue weighted by atomic mass is 79.9. The summed E-state index contributed by atoms with van der Waals surface area (Å²) < 4.78 is 40.4. The maximum Gasteiger partial charge on any atom is 0.282 e. The van der Waals surface area contributed by atoms with Gasteiger partial charge in [-0.2, -0.15) is 0 Å². The zero-order valence-corrected chi connectivity index (χ0v) is 28.0. The number of nitrogens with zero attached hydrogens (tertiary/aromatic N) is 2. The quantitative estimate of drug-likeness (QED) is 0.159. The first-order valence-electron chi connectivity index (χ1n) is 14.7. The van der Waals surface area contributed by atoms with Crippen molar-refractivity contribution in [3.05, 3.63) is 118 Å². The maximum atomic E-state index is 16.4. The van der Waals surface area contributed by atoms with Crippen LogP contribution in [0.3, 0.4) is 0 Å². The summed E-state index contributed by atoms with van der Waals surface area (Å²) in [7, 11) is -3.13. The Kier molecular flexibility index (Phi) is 8.96. The fraction of sp³-hybridized carbons (Fsp3) is 0.343. The van der Waals surface area contributed by atoms with E-state index in [4.69, 9.17) is 10.2 Å². The molecule has 43 heavy (non-hydrogen) atoms. The molecule has 0 amide bonds. The Morgan fingerprint density at radius 2 is 1.56 bits per heavy atom. The van der Waals surface area contributed by atoms with Crippen LogP contribution in [-0.2, 0) is 10.8 Å². The number of hydrogen-bond acceptors (Lipinski definition) is 4. The van der Waals surface area contributed by atoms with E-state index in [2.05, 4.69) is 41.7 Å². The summed E-state index contributed by atoms with van der Waals surface area (Å²) in [6, 6.07) is 26.9. The van der Waals surface area contributed by atoms with Crippen LogP contribution in [0.5, 0.6) is 0 Å². The van der Waals surface area contributed by atoms with Crippen molar-refractivity contribution in [1.29, 1.82) is 0 Å². The van der Waals surface area contributed by atoms with E-state index in [0.29, 0.717) is 12.1 Å². The van der Waals surface area contributed by atoms with Gasteiger partial charge in [0.15, 0.2) is 0 Å². The van der Waals surface area contributed by atoms with E-state index in [1.807, 2.05) is 104 Å². The lowest BCUT2D eigenvalue weighted by Crippen LogP contribution is -2.67. The number of alkyl halides is 2. The molecule has 4 aromatic rings. The third-order valence-corrected chi connectivity index (χ3v) is 14.2. The fourth-order valence-electron chi connectivity index (χ4n) is 6.58. The molecule has 0 unspecified atom stereocenters. The molecule has 226 valence electrons. The summed E-state index contributed by atoms with van der Waals surface area (Å²) in [6.07, 6.45) is 2.35. The van der Waals surface area contributed by atoms with Crippen molar-refractivity contribution in [3.63, 3.8) is 0 Å². The minimum Gasteiger partial charge on any atom is -0.401 e. The van der Waals surface area contributed by atoms with Crippen molar-refractivity contribution >= 4 is 40.3 Å². The number of fused-ring (bicyclic) bond motifs is 1. The molecular weight excluding hydrogens is 624 g/mol. The largest absolute Gasteiger partial charge is 0.401 e. The van der Waals surface area contributed by atoms with Crippen LogP contribution in [0.25, 0.3) is 0 Å². The lowest BCUT2D eigenvalue weighted by atomic mass is 9.83. The number of pyridine rings is 1. The number of aromatic nitrogens is 1. The first-order chi connectivity index (χ1) is 20.3. The highest BCUT2D eigenvalue weighted by Crippen LogP contribution is 2.42. The number of nitrogens with two attached hydrogens (primary N) is 1. The second-order valence-electron chi connectivity index (χ2n) is 12.7. The minimum atomic E-state index is -3.13. The van der Waals surface area contributed by atoms with Gasteiger partial charge in [-0.15, -0.1) is 0 Å². The SMILES string of the molecule is Cc1c(N)ccc2c1C[C@@H](C)N(CC(F)(F)CO[Si](c1ccccc1)(c1ccccc1)C(C)(C)C)[C@@H]2c1ccc(Br)cn1. The van der Waals surface area contributed by atoms with Gasteiger partial charge in [0.05, 0.1) is 24.9 Å². The van der Waals surface area contributed by atoms with E-state index in [1.165, 1.54) is 0 Å². The number of benzene rings is 3. The molecule has 0 saturated carbocycles. The molecule has 1 aliphatic rings. The van der Waals surface area contributed by atoms with E-state index < -0.39 is 38.5 Å². The van der Waals surface area contributed by atoms with Crippen LogP contribution in [0.4, 0.5) is 14.5 Å². The molecule has 0 spiro atoms. The van der Waals surface area contributed by atoms with Gasteiger partial charge < -0.3 is 10.2 Å². The van der Waals surface area contributed by atoms with Crippen LogP contribution in [0, 0.1) is 6.92 Å². The predicted molar refractivity (Wildman–Crippen MR) is 178 cm³/mol. The molecule has 0 radical (unpaired) electrons. The first-order valence-corrected chi connectivity index (χ1v) is 17.4. The number of anilines is 1. The molecule has 0 fully saturated rings. The second kappa shape index (κ2) is 12.2. The zero-order valence-electron chi connectivity index (χ0n) is 25.5. The Morgan fingerprint density at radius 3 is 2.09 bits per heavy atom. The molecule has 2 heterocycles. The average Bonchev–Trinajstić information content (AvgIpc) is 2.97. The summed E-state index contributed by atoms with van der Waals surface area (Å²) in [4.78, 5) is 6.57. The van der Waals surface area contributed by atoms with Gasteiger partial charge in [-0.3, -0.25) is 9.88 Å². The van der Waals surface area contributed by atoms with Gasteiger partial charge in [0, 0.05) is 22.4 Å². The molecule has 8 heteroatoms. The number of halogens is 3. The van der Waals surface area contributed by atoms with E-state index in [0.717, 1.165) is 37.2 Å². The standard InChI is InChI=1S/C35H40BrF2N3OSi/c1-24-20-30-25(2)31(39)18-17-29(30)33(32-19-16-26(36)21-40-32)41(24)22-35(37,38)23-42-43(34(3,4)5,27-12-8-6-9-13-27)28-14-10-7-11-15-28/h6-19,21,24,33H,20,22-23,39H2,1-5H3/t24-,33+/m1/s1. The lowest BCUT2D eigenvalue weighted by molar-refractivity contribution is -0.0821. The van der Waals surface area contributed by atoms with Crippen LogP contribution in [0.1, 0.15) is 56.1 Å². The van der Waals surface area contributed by atoms with E-state index >= 15 is 8.78 Å². The first kappa shape index (κ1) is 31.5. The normalized spacial score (nSPS) is 18.0.